The van der Waals surface area contributed by atoms with Crippen molar-refractivity contribution in [3.63, 3.8) is 0 Å². The van der Waals surface area contributed by atoms with E-state index in [4.69, 9.17) is 10.4 Å². The second-order valence-electron chi connectivity index (χ2n) is 2.57. The lowest BCUT2D eigenvalue weighted by Gasteiger charge is -2.05. The Labute approximate surface area is 103 Å². The first-order valence-electron chi connectivity index (χ1n) is 3.65. The molecule has 0 aliphatic carbocycles. The zero-order chi connectivity index (χ0) is 10.7. The molecule has 1 rings (SSSR count). The molecule has 0 atom stereocenters. The molecule has 72 valence electrons. The summed E-state index contributed by atoms with van der Waals surface area (Å²) in [6.07, 6.45) is -0.0750. The Balaban J connectivity index is 3.27. The van der Waals surface area contributed by atoms with Crippen LogP contribution in [0.4, 0.5) is 0 Å². The molecule has 0 unspecified atom stereocenters. The Kier molecular flexibility index (Phi) is 3.89. The van der Waals surface area contributed by atoms with Crippen LogP contribution in [0.2, 0.25) is 0 Å². The quantitative estimate of drug-likeness (QED) is 0.819. The topological polar surface area (TPSA) is 61.1 Å². The van der Waals surface area contributed by atoms with Gasteiger partial charge >= 0.3 is 5.97 Å². The first-order chi connectivity index (χ1) is 6.56. The number of hydrogen-bond donors (Lipinski definition) is 1. The van der Waals surface area contributed by atoms with Gasteiger partial charge in [0.05, 0.1) is 12.0 Å². The fraction of sp³-hybridized carbons (Fsp3) is 0.111. The van der Waals surface area contributed by atoms with E-state index in [1.54, 1.807) is 12.1 Å². The highest BCUT2D eigenvalue weighted by Gasteiger charge is 2.12. The molecular formula is C9H5BrINO2. The summed E-state index contributed by atoms with van der Waals surface area (Å²) in [5, 5.41) is 17.4. The Morgan fingerprint density at radius 2 is 2.29 bits per heavy atom. The fourth-order valence-corrected chi connectivity index (χ4v) is 2.62. The SMILES string of the molecule is N#Cc1ccc(Br)c(CC(=O)O)c1I. The molecule has 3 nitrogen and oxygen atoms in total. The van der Waals surface area contributed by atoms with Gasteiger partial charge in [-0.25, -0.2) is 0 Å². The van der Waals surface area contributed by atoms with Gasteiger partial charge in [-0.1, -0.05) is 15.9 Å². The Morgan fingerprint density at radius 3 is 2.79 bits per heavy atom. The summed E-state index contributed by atoms with van der Waals surface area (Å²) in [4.78, 5) is 10.6. The molecule has 0 bridgehead atoms. The minimum absolute atomic E-state index is 0.0750. The van der Waals surface area contributed by atoms with Gasteiger partial charge in [0, 0.05) is 8.04 Å². The van der Waals surface area contributed by atoms with Gasteiger partial charge < -0.3 is 5.11 Å². The van der Waals surface area contributed by atoms with E-state index in [1.807, 2.05) is 28.7 Å². The van der Waals surface area contributed by atoms with Gasteiger partial charge in [0.2, 0.25) is 0 Å². The lowest BCUT2D eigenvalue weighted by Crippen LogP contribution is -2.04. The van der Waals surface area contributed by atoms with Crippen molar-refractivity contribution in [1.82, 2.24) is 0 Å². The third kappa shape index (κ3) is 2.45. The molecule has 0 saturated heterocycles. The van der Waals surface area contributed by atoms with E-state index in [0.717, 1.165) is 4.47 Å². The van der Waals surface area contributed by atoms with Crippen LogP contribution >= 0.6 is 38.5 Å². The molecule has 0 aliphatic heterocycles. The standard InChI is InChI=1S/C9H5BrINO2/c10-7-2-1-5(4-12)9(11)6(7)3-8(13)14/h1-2H,3H2,(H,13,14). The van der Waals surface area contributed by atoms with Crippen LogP contribution in [0.25, 0.3) is 0 Å². The van der Waals surface area contributed by atoms with Crippen LogP contribution in [-0.4, -0.2) is 11.1 Å². The monoisotopic (exact) mass is 365 g/mol. The fourth-order valence-electron chi connectivity index (χ4n) is 0.997. The summed E-state index contributed by atoms with van der Waals surface area (Å²) in [7, 11) is 0. The van der Waals surface area contributed by atoms with Crippen molar-refractivity contribution in [2.75, 3.05) is 0 Å². The van der Waals surface area contributed by atoms with Crippen LogP contribution in [-0.2, 0) is 11.2 Å². The van der Waals surface area contributed by atoms with Gasteiger partial charge in [0.1, 0.15) is 6.07 Å². The molecule has 0 radical (unpaired) electrons. The number of carbonyl (C=O) groups is 1. The van der Waals surface area contributed by atoms with Crippen molar-refractivity contribution in [3.8, 4) is 6.07 Å². The van der Waals surface area contributed by atoms with Gasteiger partial charge in [0.15, 0.2) is 0 Å². The number of carboxylic acids is 1. The van der Waals surface area contributed by atoms with Crippen molar-refractivity contribution >= 4 is 44.5 Å². The van der Waals surface area contributed by atoms with Gasteiger partial charge in [-0.05, 0) is 40.3 Å². The number of carboxylic acid groups (broad SMARTS) is 1. The molecule has 0 aromatic heterocycles. The summed E-state index contributed by atoms with van der Waals surface area (Å²) in [6.45, 7) is 0. The molecule has 1 N–H and O–H groups in total. The zero-order valence-electron chi connectivity index (χ0n) is 6.92. The van der Waals surface area contributed by atoms with Crippen LogP contribution < -0.4 is 0 Å². The van der Waals surface area contributed by atoms with E-state index in [1.165, 1.54) is 0 Å². The molecule has 1 aromatic rings. The molecule has 5 heteroatoms. The van der Waals surface area contributed by atoms with Gasteiger partial charge in [-0.15, -0.1) is 0 Å². The molecule has 1 aromatic carbocycles. The summed E-state index contributed by atoms with van der Waals surface area (Å²) in [5.41, 5.74) is 1.15. The molecule has 0 aliphatic rings. The average Bonchev–Trinajstić information content (AvgIpc) is 2.12. The largest absolute Gasteiger partial charge is 0.481 e. The second-order valence-corrected chi connectivity index (χ2v) is 4.50. The van der Waals surface area contributed by atoms with Crippen molar-refractivity contribution in [2.45, 2.75) is 6.42 Å². The van der Waals surface area contributed by atoms with E-state index >= 15 is 0 Å². The molecular weight excluding hydrogens is 361 g/mol. The van der Waals surface area contributed by atoms with Crippen LogP contribution in [0.5, 0.6) is 0 Å². The first kappa shape index (κ1) is 11.5. The van der Waals surface area contributed by atoms with Gasteiger partial charge in [-0.2, -0.15) is 5.26 Å². The lowest BCUT2D eigenvalue weighted by molar-refractivity contribution is -0.136. The average molecular weight is 366 g/mol. The minimum atomic E-state index is -0.904. The predicted octanol–water partition coefficient (Wildman–Crippen LogP) is 2.55. The summed E-state index contributed by atoms with van der Waals surface area (Å²) in [6, 6.07) is 5.37. The molecule has 0 fully saturated rings. The number of halogens is 2. The summed E-state index contributed by atoms with van der Waals surface area (Å²) in [5.74, 6) is -0.904. The van der Waals surface area contributed by atoms with Crippen LogP contribution in [0.3, 0.4) is 0 Å². The van der Waals surface area contributed by atoms with Gasteiger partial charge in [0.25, 0.3) is 0 Å². The Bertz CT molecular complexity index is 426. The number of nitriles is 1. The lowest BCUT2D eigenvalue weighted by atomic mass is 10.1. The highest BCUT2D eigenvalue weighted by molar-refractivity contribution is 14.1. The highest BCUT2D eigenvalue weighted by atomic mass is 127. The number of rotatable bonds is 2. The zero-order valence-corrected chi connectivity index (χ0v) is 10.7. The number of hydrogen-bond acceptors (Lipinski definition) is 2. The Hall–Kier alpha value is -0.610. The normalized spacial score (nSPS) is 9.50. The molecule has 0 amide bonds. The van der Waals surface area contributed by atoms with E-state index in [9.17, 15) is 4.79 Å². The predicted molar refractivity (Wildman–Crippen MR) is 62.9 cm³/mol. The first-order valence-corrected chi connectivity index (χ1v) is 5.52. The van der Waals surface area contributed by atoms with Crippen molar-refractivity contribution < 1.29 is 9.90 Å². The van der Waals surface area contributed by atoms with Gasteiger partial charge in [-0.3, -0.25) is 4.79 Å². The number of benzene rings is 1. The maximum Gasteiger partial charge on any atom is 0.307 e. The van der Waals surface area contributed by atoms with E-state index in [2.05, 4.69) is 15.9 Å². The summed E-state index contributed by atoms with van der Waals surface area (Å²) < 4.78 is 1.42. The summed E-state index contributed by atoms with van der Waals surface area (Å²) >= 11 is 5.25. The van der Waals surface area contributed by atoms with E-state index in [0.29, 0.717) is 14.7 Å². The Morgan fingerprint density at radius 1 is 1.64 bits per heavy atom. The van der Waals surface area contributed by atoms with Crippen LogP contribution in [0, 0.1) is 14.9 Å². The molecule has 0 heterocycles. The maximum atomic E-state index is 10.6. The number of nitrogens with zero attached hydrogens (tertiary/aromatic N) is 1. The van der Waals surface area contributed by atoms with Crippen LogP contribution in [0.1, 0.15) is 11.1 Å². The third-order valence-corrected chi connectivity index (χ3v) is 3.61. The van der Waals surface area contributed by atoms with E-state index < -0.39 is 5.97 Å². The van der Waals surface area contributed by atoms with Crippen LogP contribution in [0.15, 0.2) is 16.6 Å². The highest BCUT2D eigenvalue weighted by Crippen LogP contribution is 2.25. The van der Waals surface area contributed by atoms with Crippen molar-refractivity contribution in [1.29, 1.82) is 5.26 Å². The molecule has 0 saturated carbocycles. The number of aliphatic carboxylic acids is 1. The van der Waals surface area contributed by atoms with Crippen molar-refractivity contribution in [2.24, 2.45) is 0 Å². The third-order valence-electron chi connectivity index (χ3n) is 1.63. The van der Waals surface area contributed by atoms with Crippen molar-refractivity contribution in [3.05, 3.63) is 31.3 Å². The molecule has 0 spiro atoms. The second kappa shape index (κ2) is 4.75. The maximum absolute atomic E-state index is 10.6. The minimum Gasteiger partial charge on any atom is -0.481 e. The smallest absolute Gasteiger partial charge is 0.307 e. The van der Waals surface area contributed by atoms with E-state index in [-0.39, 0.29) is 6.42 Å². The molecule has 14 heavy (non-hydrogen) atoms.